The number of imidazole rings is 1. The summed E-state index contributed by atoms with van der Waals surface area (Å²) in [4.78, 5) is 29.0. The first-order valence-electron chi connectivity index (χ1n) is 7.12. The molecule has 0 aliphatic carbocycles. The number of aromatic nitrogens is 2. The third-order valence-corrected chi connectivity index (χ3v) is 5.55. The Kier molecular flexibility index (Phi) is 5.57. The van der Waals surface area contributed by atoms with Gasteiger partial charge in [0.15, 0.2) is 5.16 Å². The van der Waals surface area contributed by atoms with Gasteiger partial charge < -0.3 is 0 Å². The molecule has 0 saturated heterocycles. The van der Waals surface area contributed by atoms with Crippen LogP contribution >= 0.6 is 39.0 Å². The van der Waals surface area contributed by atoms with Gasteiger partial charge in [-0.25, -0.2) is 4.98 Å². The summed E-state index contributed by atoms with van der Waals surface area (Å²) in [5.41, 5.74) is 6.10. The van der Waals surface area contributed by atoms with E-state index in [4.69, 9.17) is 0 Å². The number of nitrogens with zero attached hydrogens (tertiary/aromatic N) is 2. The summed E-state index contributed by atoms with van der Waals surface area (Å²) in [5.74, 6) is -0.754. The maximum Gasteiger partial charge on any atom is 0.279 e. The Morgan fingerprint density at radius 2 is 2.00 bits per heavy atom. The number of hydrogen-bond acceptors (Lipinski definition) is 5. The van der Waals surface area contributed by atoms with Crippen LogP contribution in [0.4, 0.5) is 0 Å². The van der Waals surface area contributed by atoms with Crippen LogP contribution < -0.4 is 10.9 Å². The van der Waals surface area contributed by atoms with Crippen molar-refractivity contribution in [2.24, 2.45) is 0 Å². The molecular formula is C16H13BrN4O2S2. The summed E-state index contributed by atoms with van der Waals surface area (Å²) in [6.45, 7) is 0. The van der Waals surface area contributed by atoms with Crippen molar-refractivity contribution in [1.29, 1.82) is 0 Å². The van der Waals surface area contributed by atoms with E-state index in [0.29, 0.717) is 10.4 Å². The van der Waals surface area contributed by atoms with Crippen molar-refractivity contribution >= 4 is 50.8 Å². The molecule has 3 rings (SSSR count). The minimum absolute atomic E-state index is 0.362. The normalized spacial score (nSPS) is 10.5. The van der Waals surface area contributed by atoms with E-state index in [2.05, 4.69) is 31.8 Å². The molecule has 0 bridgehead atoms. The van der Waals surface area contributed by atoms with Crippen LogP contribution in [0, 0.1) is 0 Å². The summed E-state index contributed by atoms with van der Waals surface area (Å²) in [6.07, 6.45) is 5.48. The van der Waals surface area contributed by atoms with E-state index in [1.807, 2.05) is 23.1 Å². The number of nitrogens with one attached hydrogen (secondary N) is 2. The summed E-state index contributed by atoms with van der Waals surface area (Å²) in [7, 11) is 0. The molecule has 2 heterocycles. The highest BCUT2D eigenvalue weighted by atomic mass is 79.9. The highest BCUT2D eigenvalue weighted by molar-refractivity contribution is 9.11. The lowest BCUT2D eigenvalue weighted by atomic mass is 10.2. The maximum atomic E-state index is 12.3. The average molecular weight is 437 g/mol. The molecule has 2 aromatic heterocycles. The lowest BCUT2D eigenvalue weighted by Crippen LogP contribution is -2.41. The molecule has 2 amide bonds. The SMILES string of the molecule is CSc1nccn1-c1cccc(C(=O)NNC(=O)c2ccc(Br)s2)c1. The van der Waals surface area contributed by atoms with Crippen LogP contribution in [0.5, 0.6) is 0 Å². The van der Waals surface area contributed by atoms with Crippen LogP contribution in [0.2, 0.25) is 0 Å². The zero-order valence-electron chi connectivity index (χ0n) is 13.0. The van der Waals surface area contributed by atoms with Gasteiger partial charge in [-0.2, -0.15) is 0 Å². The number of hydrogen-bond donors (Lipinski definition) is 2. The second-order valence-corrected chi connectivity index (χ2v) is 8.08. The Hall–Kier alpha value is -2.10. The molecule has 6 nitrogen and oxygen atoms in total. The van der Waals surface area contributed by atoms with Crippen molar-refractivity contribution in [3.05, 3.63) is 63.0 Å². The number of benzene rings is 1. The van der Waals surface area contributed by atoms with E-state index in [1.54, 1.807) is 36.5 Å². The van der Waals surface area contributed by atoms with Crippen LogP contribution in [-0.4, -0.2) is 27.6 Å². The van der Waals surface area contributed by atoms with Crippen LogP contribution in [0.3, 0.4) is 0 Å². The Labute approximate surface area is 160 Å². The fourth-order valence-corrected chi connectivity index (χ4v) is 3.93. The molecule has 25 heavy (non-hydrogen) atoms. The van der Waals surface area contributed by atoms with Crippen LogP contribution in [-0.2, 0) is 0 Å². The first-order valence-corrected chi connectivity index (χ1v) is 9.95. The molecule has 0 radical (unpaired) electrons. The Morgan fingerprint density at radius 1 is 1.20 bits per heavy atom. The second-order valence-electron chi connectivity index (χ2n) is 4.85. The van der Waals surface area contributed by atoms with Gasteiger partial charge in [0.1, 0.15) is 0 Å². The lowest BCUT2D eigenvalue weighted by molar-refractivity contribution is 0.0849. The second kappa shape index (κ2) is 7.85. The molecule has 128 valence electrons. The van der Waals surface area contributed by atoms with Crippen molar-refractivity contribution in [3.8, 4) is 5.69 Å². The van der Waals surface area contributed by atoms with Gasteiger partial charge in [-0.05, 0) is 52.5 Å². The average Bonchev–Trinajstić information content (AvgIpc) is 3.28. The van der Waals surface area contributed by atoms with Crippen molar-refractivity contribution in [3.63, 3.8) is 0 Å². The molecule has 0 aliphatic heterocycles. The van der Waals surface area contributed by atoms with Gasteiger partial charge in [-0.1, -0.05) is 17.8 Å². The molecule has 0 saturated carbocycles. The minimum atomic E-state index is -0.392. The fraction of sp³-hybridized carbons (Fsp3) is 0.0625. The number of thioether (sulfide) groups is 1. The number of rotatable bonds is 4. The van der Waals surface area contributed by atoms with Gasteiger partial charge in [0.25, 0.3) is 11.8 Å². The minimum Gasteiger partial charge on any atom is -0.295 e. The topological polar surface area (TPSA) is 76.0 Å². The van der Waals surface area contributed by atoms with Gasteiger partial charge in [0.2, 0.25) is 0 Å². The standard InChI is InChI=1S/C16H13BrN4O2S2/c1-24-16-18-7-8-21(16)11-4-2-3-10(9-11)14(22)19-20-15(23)12-5-6-13(17)25-12/h2-9H,1H3,(H,19,22)(H,20,23). The molecule has 0 aliphatic rings. The lowest BCUT2D eigenvalue weighted by Gasteiger charge is -2.09. The summed E-state index contributed by atoms with van der Waals surface area (Å²) in [5, 5.41) is 0.828. The maximum absolute atomic E-state index is 12.3. The monoisotopic (exact) mass is 436 g/mol. The molecule has 2 N–H and O–H groups in total. The molecule has 0 atom stereocenters. The molecule has 0 unspecified atom stereocenters. The zero-order chi connectivity index (χ0) is 17.8. The third kappa shape index (κ3) is 4.12. The van der Waals surface area contributed by atoms with E-state index in [0.717, 1.165) is 14.6 Å². The van der Waals surface area contributed by atoms with Crippen molar-refractivity contribution in [2.75, 3.05) is 6.26 Å². The Balaban J connectivity index is 1.70. The highest BCUT2D eigenvalue weighted by Crippen LogP contribution is 2.22. The van der Waals surface area contributed by atoms with Crippen molar-refractivity contribution in [1.82, 2.24) is 20.4 Å². The van der Waals surface area contributed by atoms with E-state index in [9.17, 15) is 9.59 Å². The predicted molar refractivity (Wildman–Crippen MR) is 102 cm³/mol. The van der Waals surface area contributed by atoms with Gasteiger partial charge in [-0.15, -0.1) is 11.3 Å². The summed E-state index contributed by atoms with van der Waals surface area (Å²) < 4.78 is 2.74. The molecule has 9 heteroatoms. The smallest absolute Gasteiger partial charge is 0.279 e. The quantitative estimate of drug-likeness (QED) is 0.484. The van der Waals surface area contributed by atoms with Crippen molar-refractivity contribution in [2.45, 2.75) is 5.16 Å². The van der Waals surface area contributed by atoms with Gasteiger partial charge in [0.05, 0.1) is 8.66 Å². The van der Waals surface area contributed by atoms with Crippen LogP contribution in [0.15, 0.2) is 57.7 Å². The van der Waals surface area contributed by atoms with Gasteiger partial charge in [0, 0.05) is 23.6 Å². The van der Waals surface area contributed by atoms with Gasteiger partial charge in [-0.3, -0.25) is 25.0 Å². The highest BCUT2D eigenvalue weighted by Gasteiger charge is 2.12. The first-order chi connectivity index (χ1) is 12.1. The van der Waals surface area contributed by atoms with E-state index >= 15 is 0 Å². The number of carbonyl (C=O) groups is 2. The van der Waals surface area contributed by atoms with Crippen molar-refractivity contribution < 1.29 is 9.59 Å². The number of amides is 2. The van der Waals surface area contributed by atoms with E-state index in [1.165, 1.54) is 23.1 Å². The number of thiophene rings is 1. The third-order valence-electron chi connectivity index (χ3n) is 3.26. The summed E-state index contributed by atoms with van der Waals surface area (Å²) in [6, 6.07) is 10.6. The fourth-order valence-electron chi connectivity index (χ4n) is 2.12. The zero-order valence-corrected chi connectivity index (χ0v) is 16.2. The largest absolute Gasteiger partial charge is 0.295 e. The van der Waals surface area contributed by atoms with E-state index < -0.39 is 5.91 Å². The predicted octanol–water partition coefficient (Wildman–Crippen LogP) is 3.49. The Bertz CT molecular complexity index is 922. The molecule has 3 aromatic rings. The summed E-state index contributed by atoms with van der Waals surface area (Å²) >= 11 is 6.10. The van der Waals surface area contributed by atoms with Gasteiger partial charge >= 0.3 is 0 Å². The van der Waals surface area contributed by atoms with E-state index in [-0.39, 0.29) is 5.91 Å². The molecule has 0 fully saturated rings. The van der Waals surface area contributed by atoms with Crippen LogP contribution in [0.25, 0.3) is 5.69 Å². The molecular weight excluding hydrogens is 424 g/mol. The molecule has 1 aromatic carbocycles. The Morgan fingerprint density at radius 3 is 2.72 bits per heavy atom. The number of halogens is 1. The van der Waals surface area contributed by atoms with Crippen LogP contribution in [0.1, 0.15) is 20.0 Å². The number of hydrazine groups is 1. The molecule has 0 spiro atoms. The number of carbonyl (C=O) groups excluding carboxylic acids is 2. The first kappa shape index (κ1) is 17.7.